The molecule has 2 aromatic heterocycles. The number of hydrogen-bond acceptors (Lipinski definition) is 5. The van der Waals surface area contributed by atoms with Crippen molar-refractivity contribution in [1.82, 2.24) is 15.0 Å². The third-order valence-electron chi connectivity index (χ3n) is 7.59. The first-order chi connectivity index (χ1) is 18.1. The Bertz CT molecular complexity index is 1490. The number of carboxylic acids is 1. The Morgan fingerprint density at radius 1 is 0.974 bits per heavy atom. The lowest BCUT2D eigenvalue weighted by Gasteiger charge is -2.36. The molecular formula is C29H29ClN4O4. The van der Waals surface area contributed by atoms with E-state index in [0.717, 1.165) is 42.4 Å². The highest BCUT2D eigenvalue weighted by atomic mass is 35.5. The summed E-state index contributed by atoms with van der Waals surface area (Å²) in [6.07, 6.45) is 3.11. The van der Waals surface area contributed by atoms with E-state index in [9.17, 15) is 14.7 Å². The molecule has 0 unspecified atom stereocenters. The monoisotopic (exact) mass is 532 g/mol. The number of carbonyl (C=O) groups excluding carboxylic acids is 1. The van der Waals surface area contributed by atoms with Crippen LogP contribution in [0, 0.1) is 11.3 Å². The van der Waals surface area contributed by atoms with Crippen LogP contribution >= 0.6 is 11.6 Å². The molecule has 1 aliphatic rings. The molecule has 2 heterocycles. The van der Waals surface area contributed by atoms with E-state index in [1.54, 1.807) is 32.0 Å². The van der Waals surface area contributed by atoms with E-state index in [1.165, 1.54) is 0 Å². The van der Waals surface area contributed by atoms with Gasteiger partial charge in [0.1, 0.15) is 6.10 Å². The van der Waals surface area contributed by atoms with Crippen LogP contribution in [-0.2, 0) is 4.79 Å². The normalized spacial score (nSPS) is 17.9. The summed E-state index contributed by atoms with van der Waals surface area (Å²) >= 11 is 6.58. The van der Waals surface area contributed by atoms with Gasteiger partial charge in [-0.25, -0.2) is 4.98 Å². The summed E-state index contributed by atoms with van der Waals surface area (Å²) in [5.74, 6) is -1.09. The highest BCUT2D eigenvalue weighted by molar-refractivity contribution is 6.33. The quantitative estimate of drug-likeness (QED) is 0.264. The van der Waals surface area contributed by atoms with Crippen LogP contribution < -0.4 is 10.5 Å². The Hall–Kier alpha value is -3.91. The molecular weight excluding hydrogens is 504 g/mol. The van der Waals surface area contributed by atoms with Crippen LogP contribution in [0.3, 0.4) is 0 Å². The van der Waals surface area contributed by atoms with Crippen molar-refractivity contribution in [2.45, 2.75) is 45.6 Å². The van der Waals surface area contributed by atoms with Crippen molar-refractivity contribution < 1.29 is 19.4 Å². The Kier molecular flexibility index (Phi) is 6.84. The number of aromatic amines is 1. The number of pyridine rings is 1. The molecule has 0 aliphatic heterocycles. The molecule has 1 amide bonds. The third kappa shape index (κ3) is 5.09. The fraction of sp³-hybridized carbons (Fsp3) is 0.310. The van der Waals surface area contributed by atoms with Crippen LogP contribution in [0.1, 0.15) is 49.9 Å². The van der Waals surface area contributed by atoms with Crippen LogP contribution in [-0.4, -0.2) is 38.0 Å². The van der Waals surface area contributed by atoms with Crippen molar-refractivity contribution >= 4 is 34.6 Å². The van der Waals surface area contributed by atoms with Gasteiger partial charge >= 0.3 is 5.97 Å². The van der Waals surface area contributed by atoms with Crippen LogP contribution in [0.5, 0.6) is 6.01 Å². The van der Waals surface area contributed by atoms with E-state index in [4.69, 9.17) is 22.1 Å². The fourth-order valence-corrected chi connectivity index (χ4v) is 5.30. The topological polar surface area (TPSA) is 131 Å². The van der Waals surface area contributed by atoms with Gasteiger partial charge in [-0.2, -0.15) is 4.98 Å². The minimum atomic E-state index is -0.758. The minimum Gasteiger partial charge on any atom is -0.481 e. The van der Waals surface area contributed by atoms with E-state index in [2.05, 4.69) is 15.0 Å². The number of aromatic nitrogens is 3. The maximum atomic E-state index is 11.6. The van der Waals surface area contributed by atoms with Crippen LogP contribution in [0.4, 0.5) is 0 Å². The Labute approximate surface area is 225 Å². The van der Waals surface area contributed by atoms with Crippen molar-refractivity contribution in [3.8, 4) is 28.4 Å². The summed E-state index contributed by atoms with van der Waals surface area (Å²) in [5.41, 5.74) is 9.65. The molecule has 0 radical (unpaired) electrons. The molecule has 0 saturated heterocycles. The number of rotatable bonds is 7. The Morgan fingerprint density at radius 2 is 1.55 bits per heavy atom. The predicted octanol–water partition coefficient (Wildman–Crippen LogP) is 6.09. The molecule has 4 N–H and O–H groups in total. The molecule has 0 spiro atoms. The molecule has 1 saturated carbocycles. The molecule has 38 heavy (non-hydrogen) atoms. The van der Waals surface area contributed by atoms with Gasteiger partial charge in [-0.05, 0) is 74.8 Å². The van der Waals surface area contributed by atoms with Gasteiger partial charge in [0.25, 0.3) is 6.01 Å². The molecule has 5 rings (SSSR count). The number of imidazole rings is 1. The summed E-state index contributed by atoms with van der Waals surface area (Å²) < 4.78 is 6.11. The highest BCUT2D eigenvalue weighted by Gasteiger charge is 2.39. The Morgan fingerprint density at radius 3 is 2.13 bits per heavy atom. The number of amides is 1. The number of carbonyl (C=O) groups is 2. The fourth-order valence-electron chi connectivity index (χ4n) is 5.04. The van der Waals surface area contributed by atoms with Crippen molar-refractivity contribution in [3.05, 3.63) is 65.2 Å². The van der Waals surface area contributed by atoms with E-state index in [1.807, 2.05) is 36.4 Å². The molecule has 1 fully saturated rings. The van der Waals surface area contributed by atoms with Crippen LogP contribution in [0.15, 0.2) is 54.6 Å². The van der Waals surface area contributed by atoms with Gasteiger partial charge in [0.05, 0.1) is 21.6 Å². The maximum Gasteiger partial charge on any atom is 0.309 e. The van der Waals surface area contributed by atoms with Gasteiger partial charge in [0.2, 0.25) is 5.91 Å². The summed E-state index contributed by atoms with van der Waals surface area (Å²) in [6, 6.07) is 17.1. The number of ether oxygens (including phenoxy) is 1. The lowest BCUT2D eigenvalue weighted by atomic mass is 9.70. The smallest absolute Gasteiger partial charge is 0.309 e. The second-order valence-electron chi connectivity index (χ2n) is 10.4. The number of hydrogen-bond donors (Lipinski definition) is 3. The van der Waals surface area contributed by atoms with Gasteiger partial charge in [-0.3, -0.25) is 9.59 Å². The van der Waals surface area contributed by atoms with Gasteiger partial charge in [-0.1, -0.05) is 48.0 Å². The first kappa shape index (κ1) is 25.7. The average molecular weight is 533 g/mol. The zero-order valence-electron chi connectivity index (χ0n) is 21.2. The molecule has 196 valence electrons. The van der Waals surface area contributed by atoms with Gasteiger partial charge in [-0.15, -0.1) is 0 Å². The second kappa shape index (κ2) is 10.1. The molecule has 0 atom stereocenters. The summed E-state index contributed by atoms with van der Waals surface area (Å²) in [5, 5.41) is 10.0. The van der Waals surface area contributed by atoms with Crippen molar-refractivity contribution in [2.24, 2.45) is 17.1 Å². The molecule has 0 bridgehead atoms. The number of primary amides is 1. The second-order valence-corrected chi connectivity index (χ2v) is 10.8. The van der Waals surface area contributed by atoms with Crippen molar-refractivity contribution in [1.29, 1.82) is 0 Å². The van der Waals surface area contributed by atoms with Gasteiger partial charge < -0.3 is 20.6 Å². The van der Waals surface area contributed by atoms with E-state index in [-0.39, 0.29) is 12.0 Å². The highest BCUT2D eigenvalue weighted by Crippen LogP contribution is 2.39. The molecule has 9 heteroatoms. The number of carboxylic acid groups (broad SMARTS) is 1. The first-order valence-electron chi connectivity index (χ1n) is 12.6. The summed E-state index contributed by atoms with van der Waals surface area (Å²) in [4.78, 5) is 35.3. The number of nitrogens with two attached hydrogens (primary N) is 1. The number of aliphatic carboxylic acids is 1. The number of H-pyrrole nitrogens is 1. The molecule has 8 nitrogen and oxygen atoms in total. The van der Waals surface area contributed by atoms with Crippen molar-refractivity contribution in [3.63, 3.8) is 0 Å². The Balaban J connectivity index is 1.30. The largest absolute Gasteiger partial charge is 0.481 e. The van der Waals surface area contributed by atoms with Crippen LogP contribution in [0.2, 0.25) is 5.02 Å². The zero-order chi connectivity index (χ0) is 27.0. The number of benzene rings is 2. The van der Waals surface area contributed by atoms with Crippen LogP contribution in [0.25, 0.3) is 33.5 Å². The first-order valence-corrected chi connectivity index (χ1v) is 13.0. The lowest BCUT2D eigenvalue weighted by molar-refractivity contribution is -0.151. The molecule has 4 aromatic rings. The average Bonchev–Trinajstić information content (AvgIpc) is 3.29. The summed E-state index contributed by atoms with van der Waals surface area (Å²) in [6.45, 7) is 3.59. The van der Waals surface area contributed by atoms with Gasteiger partial charge in [0.15, 0.2) is 5.65 Å². The summed E-state index contributed by atoms with van der Waals surface area (Å²) in [7, 11) is 0. The number of fused-ring (bicyclic) bond motifs is 1. The number of nitrogens with zero attached hydrogens (tertiary/aromatic N) is 2. The maximum absolute atomic E-state index is 11.6. The van der Waals surface area contributed by atoms with E-state index >= 15 is 0 Å². The third-order valence-corrected chi connectivity index (χ3v) is 7.88. The SMILES string of the molecule is CC(C)(C(=O)O)C1CCC(Oc2nc3nc(-c4ccc(-c5ccc(C(N)=O)cc5)cc4)c(Cl)cc3[nH]2)CC1. The predicted molar refractivity (Wildman–Crippen MR) is 146 cm³/mol. The van der Waals surface area contributed by atoms with E-state index < -0.39 is 17.3 Å². The molecule has 1 aliphatic carbocycles. The number of nitrogens with one attached hydrogen (secondary N) is 1. The number of halogens is 1. The van der Waals surface area contributed by atoms with Crippen molar-refractivity contribution in [2.75, 3.05) is 0 Å². The molecule has 2 aromatic carbocycles. The zero-order valence-corrected chi connectivity index (χ0v) is 22.0. The van der Waals surface area contributed by atoms with E-state index in [0.29, 0.717) is 33.5 Å². The van der Waals surface area contributed by atoms with Gasteiger partial charge in [0, 0.05) is 11.1 Å². The lowest BCUT2D eigenvalue weighted by Crippen LogP contribution is -2.37. The standard InChI is InChI=1S/C29H29ClN4O4/c1-29(2,27(36)37)20-11-13-21(14-12-20)38-28-32-23-15-22(30)24(33-26(23)34-28)18-7-3-16(4-8-18)17-5-9-19(10-6-17)25(31)35/h3-10,15,20-21H,11-14H2,1-2H3,(H2,31,35)(H,36,37)(H,32,33,34). The minimum absolute atomic E-state index is 0.0315.